The van der Waals surface area contributed by atoms with Gasteiger partial charge in [-0.25, -0.2) is 15.0 Å². The second-order valence-corrected chi connectivity index (χ2v) is 6.69. The lowest BCUT2D eigenvalue weighted by Gasteiger charge is -2.32. The molecule has 2 aromatic heterocycles. The number of piperidine rings is 1. The van der Waals surface area contributed by atoms with Crippen LogP contribution in [0, 0.1) is 6.92 Å². The number of aromatic amines is 1. The highest BCUT2D eigenvalue weighted by Crippen LogP contribution is 2.31. The zero-order chi connectivity index (χ0) is 18.1. The number of hydrogen-bond acceptors (Lipinski definition) is 5. The van der Waals surface area contributed by atoms with Gasteiger partial charge in [0, 0.05) is 31.6 Å². The van der Waals surface area contributed by atoms with Crippen molar-refractivity contribution in [1.82, 2.24) is 24.8 Å². The molecule has 0 aliphatic carbocycles. The quantitative estimate of drug-likeness (QED) is 0.758. The molecule has 134 valence electrons. The smallest absolute Gasteiger partial charge is 0.253 e. The molecule has 26 heavy (non-hydrogen) atoms. The Morgan fingerprint density at radius 1 is 1.31 bits per heavy atom. The number of H-pyrrole nitrogens is 1. The van der Waals surface area contributed by atoms with Crippen molar-refractivity contribution < 1.29 is 4.79 Å². The Labute approximate surface area is 151 Å². The molecule has 1 aliphatic heterocycles. The van der Waals surface area contributed by atoms with E-state index in [1.165, 1.54) is 0 Å². The molecule has 0 atom stereocenters. The molecule has 1 aromatic carbocycles. The number of benzene rings is 1. The Morgan fingerprint density at radius 3 is 2.88 bits per heavy atom. The highest BCUT2D eigenvalue weighted by atomic mass is 16.2. The van der Waals surface area contributed by atoms with Crippen molar-refractivity contribution in [1.29, 1.82) is 0 Å². The minimum absolute atomic E-state index is 0.0779. The molecule has 0 spiro atoms. The highest BCUT2D eigenvalue weighted by molar-refractivity contribution is 5.97. The van der Waals surface area contributed by atoms with E-state index in [9.17, 15) is 4.79 Å². The summed E-state index contributed by atoms with van der Waals surface area (Å²) >= 11 is 0. The number of carbonyl (C=O) groups is 1. The van der Waals surface area contributed by atoms with Gasteiger partial charge in [-0.1, -0.05) is 0 Å². The van der Waals surface area contributed by atoms with E-state index in [1.807, 2.05) is 43.3 Å². The lowest BCUT2D eigenvalue weighted by Crippen LogP contribution is -2.38. The van der Waals surface area contributed by atoms with Crippen LogP contribution in [0.15, 0.2) is 30.7 Å². The van der Waals surface area contributed by atoms with Gasteiger partial charge in [-0.15, -0.1) is 0 Å². The maximum atomic E-state index is 12.9. The third kappa shape index (κ3) is 3.00. The van der Waals surface area contributed by atoms with Crippen LogP contribution in [0.2, 0.25) is 0 Å². The number of aromatic nitrogens is 4. The maximum absolute atomic E-state index is 12.9. The summed E-state index contributed by atoms with van der Waals surface area (Å²) in [6, 6.07) is 5.66. The summed E-state index contributed by atoms with van der Waals surface area (Å²) in [5, 5.41) is 3.16. The first-order valence-electron chi connectivity index (χ1n) is 8.89. The number of imidazole rings is 1. The number of hydrogen-bond donors (Lipinski definition) is 2. The van der Waals surface area contributed by atoms with Gasteiger partial charge < -0.3 is 15.2 Å². The highest BCUT2D eigenvalue weighted by Gasteiger charge is 2.27. The Morgan fingerprint density at radius 2 is 2.12 bits per heavy atom. The first-order chi connectivity index (χ1) is 12.7. The Hall–Kier alpha value is -2.96. The van der Waals surface area contributed by atoms with Gasteiger partial charge in [-0.3, -0.25) is 4.79 Å². The fourth-order valence-electron chi connectivity index (χ4n) is 3.67. The van der Waals surface area contributed by atoms with Crippen LogP contribution in [0.4, 0.5) is 5.69 Å². The molecule has 1 fully saturated rings. The molecule has 0 unspecified atom stereocenters. The monoisotopic (exact) mass is 350 g/mol. The van der Waals surface area contributed by atoms with Crippen molar-refractivity contribution >= 4 is 22.6 Å². The summed E-state index contributed by atoms with van der Waals surface area (Å²) in [5.41, 5.74) is 4.52. The standard InChI is InChI=1S/C19H22N6O/c1-12-23-15-4-3-14(9-16(15)24-12)19(26)25-7-5-13(6-8-25)18-17(20-2)10-21-11-22-18/h3-4,9-11,13,20H,5-8H2,1-2H3,(H,23,24). The van der Waals surface area contributed by atoms with Crippen molar-refractivity contribution in [3.05, 3.63) is 47.8 Å². The number of nitrogens with zero attached hydrogens (tertiary/aromatic N) is 4. The molecule has 4 rings (SSSR count). The van der Waals surface area contributed by atoms with Gasteiger partial charge >= 0.3 is 0 Å². The minimum atomic E-state index is 0.0779. The fourth-order valence-corrected chi connectivity index (χ4v) is 3.67. The van der Waals surface area contributed by atoms with Gasteiger partial charge in [-0.2, -0.15) is 0 Å². The van der Waals surface area contributed by atoms with E-state index in [-0.39, 0.29) is 5.91 Å². The average molecular weight is 350 g/mol. The van der Waals surface area contributed by atoms with Crippen LogP contribution < -0.4 is 5.32 Å². The first-order valence-corrected chi connectivity index (χ1v) is 8.89. The van der Waals surface area contributed by atoms with Gasteiger partial charge in [0.25, 0.3) is 5.91 Å². The lowest BCUT2D eigenvalue weighted by molar-refractivity contribution is 0.0712. The van der Waals surface area contributed by atoms with E-state index in [0.717, 1.165) is 54.2 Å². The molecule has 0 bridgehead atoms. The number of likely N-dealkylation sites (tertiary alicyclic amines) is 1. The van der Waals surface area contributed by atoms with Crippen molar-refractivity contribution in [3.63, 3.8) is 0 Å². The van der Waals surface area contributed by atoms with Crippen molar-refractivity contribution in [2.75, 3.05) is 25.5 Å². The summed E-state index contributed by atoms with van der Waals surface area (Å²) in [6.07, 6.45) is 5.21. The van der Waals surface area contributed by atoms with Gasteiger partial charge in [0.1, 0.15) is 12.2 Å². The Bertz CT molecular complexity index is 942. The molecule has 7 heteroatoms. The van der Waals surface area contributed by atoms with Crippen LogP contribution in [-0.2, 0) is 0 Å². The number of anilines is 1. The van der Waals surface area contributed by atoms with E-state index in [1.54, 1.807) is 6.33 Å². The topological polar surface area (TPSA) is 86.8 Å². The molecule has 1 aliphatic rings. The van der Waals surface area contributed by atoms with Gasteiger partial charge in [0.2, 0.25) is 0 Å². The van der Waals surface area contributed by atoms with Gasteiger partial charge in [0.15, 0.2) is 0 Å². The van der Waals surface area contributed by atoms with Crippen LogP contribution in [0.1, 0.15) is 40.6 Å². The summed E-state index contributed by atoms with van der Waals surface area (Å²) < 4.78 is 0. The van der Waals surface area contributed by atoms with Crippen molar-refractivity contribution in [2.45, 2.75) is 25.7 Å². The number of amides is 1. The number of aryl methyl sites for hydroxylation is 1. The van der Waals surface area contributed by atoms with Crippen LogP contribution in [-0.4, -0.2) is 50.9 Å². The number of carbonyl (C=O) groups excluding carboxylic acids is 1. The molecule has 7 nitrogen and oxygen atoms in total. The molecule has 2 N–H and O–H groups in total. The third-order valence-electron chi connectivity index (χ3n) is 5.03. The normalized spacial score (nSPS) is 15.4. The van der Waals surface area contributed by atoms with Crippen LogP contribution in [0.25, 0.3) is 11.0 Å². The Balaban J connectivity index is 1.47. The predicted octanol–water partition coefficient (Wildman–Crippen LogP) is 2.72. The second-order valence-electron chi connectivity index (χ2n) is 6.69. The number of rotatable bonds is 3. The van der Waals surface area contributed by atoms with E-state index in [0.29, 0.717) is 11.5 Å². The summed E-state index contributed by atoms with van der Waals surface area (Å²) in [4.78, 5) is 30.9. The molecule has 0 radical (unpaired) electrons. The van der Waals surface area contributed by atoms with E-state index in [2.05, 4.69) is 25.3 Å². The summed E-state index contributed by atoms with van der Waals surface area (Å²) in [5.74, 6) is 1.28. The molecule has 1 amide bonds. The minimum Gasteiger partial charge on any atom is -0.385 e. The zero-order valence-corrected chi connectivity index (χ0v) is 15.0. The first kappa shape index (κ1) is 16.5. The van der Waals surface area contributed by atoms with E-state index in [4.69, 9.17) is 0 Å². The van der Waals surface area contributed by atoms with Crippen LogP contribution in [0.5, 0.6) is 0 Å². The molecule has 3 aromatic rings. The molecular formula is C19H22N6O. The lowest BCUT2D eigenvalue weighted by atomic mass is 9.92. The predicted molar refractivity (Wildman–Crippen MR) is 100 cm³/mol. The van der Waals surface area contributed by atoms with Crippen LogP contribution in [0.3, 0.4) is 0 Å². The molecule has 3 heterocycles. The van der Waals surface area contributed by atoms with E-state index < -0.39 is 0 Å². The SMILES string of the molecule is CNc1cncnc1C1CCN(C(=O)c2ccc3nc(C)[nH]c3c2)CC1. The summed E-state index contributed by atoms with van der Waals surface area (Å²) in [7, 11) is 1.88. The average Bonchev–Trinajstić information content (AvgIpc) is 3.06. The number of fused-ring (bicyclic) bond motifs is 1. The van der Waals surface area contributed by atoms with Crippen LogP contribution >= 0.6 is 0 Å². The fraction of sp³-hybridized carbons (Fsp3) is 0.368. The largest absolute Gasteiger partial charge is 0.385 e. The van der Waals surface area contributed by atoms with E-state index >= 15 is 0 Å². The zero-order valence-electron chi connectivity index (χ0n) is 15.0. The second kappa shape index (κ2) is 6.74. The summed E-state index contributed by atoms with van der Waals surface area (Å²) in [6.45, 7) is 3.38. The number of nitrogens with one attached hydrogen (secondary N) is 2. The molecular weight excluding hydrogens is 328 g/mol. The Kier molecular flexibility index (Phi) is 4.28. The molecule has 0 saturated carbocycles. The molecule has 1 saturated heterocycles. The maximum Gasteiger partial charge on any atom is 0.253 e. The van der Waals surface area contributed by atoms with Crippen molar-refractivity contribution in [2.24, 2.45) is 0 Å². The third-order valence-corrected chi connectivity index (χ3v) is 5.03. The van der Waals surface area contributed by atoms with Crippen molar-refractivity contribution in [3.8, 4) is 0 Å². The van der Waals surface area contributed by atoms with Gasteiger partial charge in [0.05, 0.1) is 28.6 Å². The van der Waals surface area contributed by atoms with Gasteiger partial charge in [-0.05, 0) is 38.0 Å².